The number of piperazine rings is 1. The van der Waals surface area contributed by atoms with Crippen LogP contribution in [0.5, 0.6) is 5.75 Å². The van der Waals surface area contributed by atoms with Gasteiger partial charge in [0.05, 0.1) is 19.8 Å². The quantitative estimate of drug-likeness (QED) is 0.748. The van der Waals surface area contributed by atoms with E-state index in [4.69, 9.17) is 9.47 Å². The van der Waals surface area contributed by atoms with Crippen LogP contribution in [0.4, 0.5) is 4.39 Å². The average Bonchev–Trinajstić information content (AvgIpc) is 2.48. The number of hydrogen-bond donors (Lipinski definition) is 0. The second-order valence-electron chi connectivity index (χ2n) is 6.06. The molecule has 0 amide bonds. The Bertz CT molecular complexity index is 529. The molecule has 1 aromatic rings. The Morgan fingerprint density at radius 2 is 1.87 bits per heavy atom. The van der Waals surface area contributed by atoms with Crippen molar-refractivity contribution in [3.63, 3.8) is 0 Å². The summed E-state index contributed by atoms with van der Waals surface area (Å²) in [6.45, 7) is 8.06. The molecule has 0 saturated carbocycles. The highest BCUT2D eigenvalue weighted by atomic mass is 19.1. The van der Waals surface area contributed by atoms with E-state index in [0.29, 0.717) is 13.1 Å². The van der Waals surface area contributed by atoms with Crippen LogP contribution in [0.15, 0.2) is 18.2 Å². The molecule has 6 heteroatoms. The van der Waals surface area contributed by atoms with Gasteiger partial charge in [-0.15, -0.1) is 0 Å². The van der Waals surface area contributed by atoms with Gasteiger partial charge in [0.25, 0.3) is 0 Å². The van der Waals surface area contributed by atoms with E-state index in [2.05, 4.69) is 9.80 Å². The van der Waals surface area contributed by atoms with Gasteiger partial charge in [0, 0.05) is 32.7 Å². The van der Waals surface area contributed by atoms with Crippen LogP contribution in [-0.4, -0.2) is 61.7 Å². The Hall–Kier alpha value is -1.66. The van der Waals surface area contributed by atoms with Gasteiger partial charge in [-0.2, -0.15) is 0 Å². The number of methoxy groups -OCH3 is 1. The van der Waals surface area contributed by atoms with Gasteiger partial charge in [-0.1, -0.05) is 6.07 Å². The third kappa shape index (κ3) is 5.48. The van der Waals surface area contributed by atoms with Gasteiger partial charge in [-0.05, 0) is 31.5 Å². The molecular formula is C17H25FN2O3. The van der Waals surface area contributed by atoms with Crippen molar-refractivity contribution in [2.24, 2.45) is 0 Å². The maximum Gasteiger partial charge on any atom is 0.320 e. The Kier molecular flexibility index (Phi) is 6.36. The van der Waals surface area contributed by atoms with Crippen LogP contribution in [0.25, 0.3) is 0 Å². The van der Waals surface area contributed by atoms with Crippen molar-refractivity contribution in [2.75, 3.05) is 39.8 Å². The summed E-state index contributed by atoms with van der Waals surface area (Å²) in [7, 11) is 1.46. The molecular weight excluding hydrogens is 299 g/mol. The highest BCUT2D eigenvalue weighted by Gasteiger charge is 2.20. The lowest BCUT2D eigenvalue weighted by Gasteiger charge is -2.34. The summed E-state index contributed by atoms with van der Waals surface area (Å²) in [6.07, 6.45) is -0.0752. The average molecular weight is 324 g/mol. The summed E-state index contributed by atoms with van der Waals surface area (Å²) in [4.78, 5) is 16.0. The fraction of sp³-hybridized carbons (Fsp3) is 0.588. The van der Waals surface area contributed by atoms with Gasteiger partial charge in [-0.3, -0.25) is 14.6 Å². The SMILES string of the molecule is COc1ccc(CN2CCN(CC(=O)OC(C)C)CC2)cc1F. The molecule has 0 aromatic heterocycles. The number of nitrogens with zero attached hydrogens (tertiary/aromatic N) is 2. The number of benzene rings is 1. The zero-order valence-corrected chi connectivity index (χ0v) is 14.0. The van der Waals surface area contributed by atoms with E-state index in [-0.39, 0.29) is 23.6 Å². The second kappa shape index (κ2) is 8.26. The Labute approximate surface area is 137 Å². The maximum atomic E-state index is 13.7. The molecule has 1 aliphatic heterocycles. The molecule has 2 rings (SSSR count). The zero-order chi connectivity index (χ0) is 16.8. The lowest BCUT2D eigenvalue weighted by molar-refractivity contribution is -0.149. The second-order valence-corrected chi connectivity index (χ2v) is 6.06. The molecule has 0 aliphatic carbocycles. The topological polar surface area (TPSA) is 42.0 Å². The van der Waals surface area contributed by atoms with Crippen molar-refractivity contribution < 1.29 is 18.7 Å². The molecule has 0 spiro atoms. The number of carbonyl (C=O) groups is 1. The molecule has 0 bridgehead atoms. The third-order valence-electron chi connectivity index (χ3n) is 3.81. The highest BCUT2D eigenvalue weighted by Crippen LogP contribution is 2.19. The summed E-state index contributed by atoms with van der Waals surface area (Å²) < 4.78 is 23.8. The predicted molar refractivity (Wildman–Crippen MR) is 85.9 cm³/mol. The molecule has 0 atom stereocenters. The van der Waals surface area contributed by atoms with Crippen molar-refractivity contribution in [3.05, 3.63) is 29.6 Å². The molecule has 1 aromatic carbocycles. The van der Waals surface area contributed by atoms with Gasteiger partial charge in [0.2, 0.25) is 0 Å². The number of hydrogen-bond acceptors (Lipinski definition) is 5. The van der Waals surface area contributed by atoms with E-state index in [1.807, 2.05) is 19.9 Å². The number of halogens is 1. The van der Waals surface area contributed by atoms with Crippen molar-refractivity contribution in [3.8, 4) is 5.75 Å². The molecule has 1 aliphatic rings. The van der Waals surface area contributed by atoms with Crippen molar-refractivity contribution in [1.29, 1.82) is 0 Å². The van der Waals surface area contributed by atoms with E-state index in [0.717, 1.165) is 31.7 Å². The van der Waals surface area contributed by atoms with Crippen LogP contribution in [0.1, 0.15) is 19.4 Å². The van der Waals surface area contributed by atoms with Crippen LogP contribution in [0.2, 0.25) is 0 Å². The first kappa shape index (κ1) is 17.7. The standard InChI is InChI=1S/C17H25FN2O3/c1-13(2)23-17(21)12-20-8-6-19(7-9-20)11-14-4-5-16(22-3)15(18)10-14/h4-5,10,13H,6-9,11-12H2,1-3H3. The van der Waals surface area contributed by atoms with Gasteiger partial charge >= 0.3 is 5.97 Å². The first-order valence-electron chi connectivity index (χ1n) is 7.94. The third-order valence-corrected chi connectivity index (χ3v) is 3.81. The molecule has 0 N–H and O–H groups in total. The molecule has 128 valence electrons. The van der Waals surface area contributed by atoms with E-state index in [1.54, 1.807) is 6.07 Å². The van der Waals surface area contributed by atoms with E-state index < -0.39 is 0 Å². The van der Waals surface area contributed by atoms with Gasteiger partial charge in [0.1, 0.15) is 0 Å². The molecule has 5 nitrogen and oxygen atoms in total. The smallest absolute Gasteiger partial charge is 0.320 e. The number of esters is 1. The minimum Gasteiger partial charge on any atom is -0.494 e. The summed E-state index contributed by atoms with van der Waals surface area (Å²) in [6, 6.07) is 5.06. The largest absolute Gasteiger partial charge is 0.494 e. The molecule has 23 heavy (non-hydrogen) atoms. The predicted octanol–water partition coefficient (Wildman–Crippen LogP) is 1.90. The van der Waals surface area contributed by atoms with Crippen LogP contribution >= 0.6 is 0 Å². The van der Waals surface area contributed by atoms with E-state index in [1.165, 1.54) is 13.2 Å². The van der Waals surface area contributed by atoms with E-state index in [9.17, 15) is 9.18 Å². The van der Waals surface area contributed by atoms with Crippen molar-refractivity contribution in [1.82, 2.24) is 9.80 Å². The van der Waals surface area contributed by atoms with E-state index >= 15 is 0 Å². The summed E-state index contributed by atoms with van der Waals surface area (Å²) >= 11 is 0. The van der Waals surface area contributed by atoms with Crippen LogP contribution in [-0.2, 0) is 16.1 Å². The van der Waals surface area contributed by atoms with Crippen molar-refractivity contribution in [2.45, 2.75) is 26.5 Å². The fourth-order valence-electron chi connectivity index (χ4n) is 2.65. The Balaban J connectivity index is 1.78. The summed E-state index contributed by atoms with van der Waals surface area (Å²) in [5.41, 5.74) is 0.927. The molecule has 1 heterocycles. The number of carbonyl (C=O) groups excluding carboxylic acids is 1. The first-order valence-corrected chi connectivity index (χ1v) is 7.94. The summed E-state index contributed by atoms with van der Waals surface area (Å²) in [5, 5.41) is 0. The fourth-order valence-corrected chi connectivity index (χ4v) is 2.65. The molecule has 0 unspecified atom stereocenters. The van der Waals surface area contributed by atoms with Crippen LogP contribution in [0, 0.1) is 5.82 Å². The number of rotatable bonds is 6. The highest BCUT2D eigenvalue weighted by molar-refractivity contribution is 5.71. The first-order chi connectivity index (χ1) is 11.0. The zero-order valence-electron chi connectivity index (χ0n) is 14.0. The van der Waals surface area contributed by atoms with Gasteiger partial charge < -0.3 is 9.47 Å². The molecule has 1 fully saturated rings. The Morgan fingerprint density at radius 1 is 1.22 bits per heavy atom. The molecule has 1 saturated heterocycles. The minimum absolute atomic E-state index is 0.0752. The normalized spacial score (nSPS) is 16.6. The van der Waals surface area contributed by atoms with Crippen LogP contribution in [0.3, 0.4) is 0 Å². The minimum atomic E-state index is -0.333. The Morgan fingerprint density at radius 3 is 2.43 bits per heavy atom. The monoisotopic (exact) mass is 324 g/mol. The van der Waals surface area contributed by atoms with Crippen LogP contribution < -0.4 is 4.74 Å². The van der Waals surface area contributed by atoms with Gasteiger partial charge in [-0.25, -0.2) is 4.39 Å². The lowest BCUT2D eigenvalue weighted by Crippen LogP contribution is -2.47. The lowest BCUT2D eigenvalue weighted by atomic mass is 10.2. The van der Waals surface area contributed by atoms with Crippen molar-refractivity contribution >= 4 is 5.97 Å². The van der Waals surface area contributed by atoms with Gasteiger partial charge in [0.15, 0.2) is 11.6 Å². The molecule has 0 radical (unpaired) electrons. The number of ether oxygens (including phenoxy) is 2. The maximum absolute atomic E-state index is 13.7. The summed E-state index contributed by atoms with van der Waals surface area (Å²) in [5.74, 6) is -0.243.